The van der Waals surface area contributed by atoms with Crippen LogP contribution in [0.1, 0.15) is 28.8 Å². The number of hydrogen-bond donors (Lipinski definition) is 1. The minimum Gasteiger partial charge on any atom is -0.357 e. The second-order valence-corrected chi connectivity index (χ2v) is 6.99. The Balaban J connectivity index is 1.64. The van der Waals surface area contributed by atoms with E-state index in [2.05, 4.69) is 38.4 Å². The summed E-state index contributed by atoms with van der Waals surface area (Å²) in [6, 6.07) is 8.36. The summed E-state index contributed by atoms with van der Waals surface area (Å²) >= 11 is 1.03. The summed E-state index contributed by atoms with van der Waals surface area (Å²) in [5, 5.41) is 4.80. The highest BCUT2D eigenvalue weighted by Gasteiger charge is 2.33. The summed E-state index contributed by atoms with van der Waals surface area (Å²) in [7, 11) is 0. The van der Waals surface area contributed by atoms with Crippen LogP contribution in [0.2, 0.25) is 0 Å². The van der Waals surface area contributed by atoms with E-state index < -0.39 is 11.9 Å². The minimum atomic E-state index is -4.38. The van der Waals surface area contributed by atoms with Crippen molar-refractivity contribution < 1.29 is 13.2 Å². The van der Waals surface area contributed by atoms with Crippen molar-refractivity contribution in [2.45, 2.75) is 32.5 Å². The number of alkyl halides is 3. The second kappa shape index (κ2) is 8.07. The van der Waals surface area contributed by atoms with Crippen LogP contribution in [0.15, 0.2) is 34.6 Å². The van der Waals surface area contributed by atoms with Gasteiger partial charge < -0.3 is 10.2 Å². The SMILES string of the molecule is CCNC(=NCCc1nc(C(F)(F)F)cs1)N1CCc2ccccc2C1. The van der Waals surface area contributed by atoms with Crippen LogP contribution in [-0.2, 0) is 25.6 Å². The van der Waals surface area contributed by atoms with E-state index in [0.717, 1.165) is 48.7 Å². The van der Waals surface area contributed by atoms with Gasteiger partial charge in [-0.05, 0) is 24.5 Å². The van der Waals surface area contributed by atoms with Crippen molar-refractivity contribution in [3.63, 3.8) is 0 Å². The van der Waals surface area contributed by atoms with Crippen LogP contribution in [0.4, 0.5) is 13.2 Å². The molecule has 1 aliphatic heterocycles. The van der Waals surface area contributed by atoms with E-state index in [-0.39, 0.29) is 0 Å². The maximum absolute atomic E-state index is 12.6. The van der Waals surface area contributed by atoms with Crippen molar-refractivity contribution >= 4 is 17.3 Å². The first-order chi connectivity index (χ1) is 12.5. The van der Waals surface area contributed by atoms with Crippen molar-refractivity contribution in [2.75, 3.05) is 19.6 Å². The normalized spacial score (nSPS) is 15.1. The molecule has 0 saturated heterocycles. The van der Waals surface area contributed by atoms with Crippen LogP contribution in [0.5, 0.6) is 0 Å². The van der Waals surface area contributed by atoms with Crippen LogP contribution in [0.25, 0.3) is 0 Å². The summed E-state index contributed by atoms with van der Waals surface area (Å²) in [6.45, 7) is 4.82. The number of halogens is 3. The first-order valence-electron chi connectivity index (χ1n) is 8.59. The van der Waals surface area contributed by atoms with E-state index in [4.69, 9.17) is 0 Å². The molecule has 8 heteroatoms. The van der Waals surface area contributed by atoms with Gasteiger partial charge in [-0.3, -0.25) is 4.99 Å². The largest absolute Gasteiger partial charge is 0.434 e. The average molecular weight is 382 g/mol. The fourth-order valence-electron chi connectivity index (χ4n) is 2.92. The number of aromatic nitrogens is 1. The molecule has 2 aromatic rings. The van der Waals surface area contributed by atoms with Gasteiger partial charge in [-0.25, -0.2) is 4.98 Å². The molecule has 0 amide bonds. The Morgan fingerprint density at radius 1 is 1.31 bits per heavy atom. The maximum atomic E-state index is 12.6. The number of thiazole rings is 1. The lowest BCUT2D eigenvalue weighted by molar-refractivity contribution is -0.140. The van der Waals surface area contributed by atoms with Crippen molar-refractivity contribution in [1.82, 2.24) is 15.2 Å². The monoisotopic (exact) mass is 382 g/mol. The van der Waals surface area contributed by atoms with Crippen LogP contribution in [0.3, 0.4) is 0 Å². The van der Waals surface area contributed by atoms with Crippen LogP contribution in [-0.4, -0.2) is 35.5 Å². The number of benzene rings is 1. The molecule has 140 valence electrons. The zero-order valence-electron chi connectivity index (χ0n) is 14.5. The van der Waals surface area contributed by atoms with Gasteiger partial charge in [-0.2, -0.15) is 13.2 Å². The Kier molecular flexibility index (Phi) is 5.80. The molecule has 0 unspecified atom stereocenters. The number of rotatable bonds is 4. The number of nitrogens with one attached hydrogen (secondary N) is 1. The number of aliphatic imine (C=N–C) groups is 1. The Morgan fingerprint density at radius 2 is 2.08 bits per heavy atom. The predicted octanol–water partition coefficient (Wildman–Crippen LogP) is 3.73. The van der Waals surface area contributed by atoms with Crippen LogP contribution >= 0.6 is 11.3 Å². The summed E-state index contributed by atoms with van der Waals surface area (Å²) in [5.41, 5.74) is 1.84. The lowest BCUT2D eigenvalue weighted by Crippen LogP contribution is -2.44. The molecule has 1 aromatic carbocycles. The van der Waals surface area contributed by atoms with Crippen molar-refractivity contribution in [3.8, 4) is 0 Å². The zero-order valence-corrected chi connectivity index (χ0v) is 15.3. The third-order valence-electron chi connectivity index (χ3n) is 4.19. The van der Waals surface area contributed by atoms with Gasteiger partial charge in [0.1, 0.15) is 0 Å². The van der Waals surface area contributed by atoms with E-state index in [1.165, 1.54) is 11.1 Å². The Hall–Kier alpha value is -2.09. The summed E-state index contributed by atoms with van der Waals surface area (Å²) in [5.74, 6) is 0.801. The van der Waals surface area contributed by atoms with E-state index in [0.29, 0.717) is 18.0 Å². The number of guanidine groups is 1. The van der Waals surface area contributed by atoms with Gasteiger partial charge >= 0.3 is 6.18 Å². The molecule has 0 bridgehead atoms. The Labute approximate surface area is 154 Å². The highest BCUT2D eigenvalue weighted by atomic mass is 32.1. The van der Waals surface area contributed by atoms with Gasteiger partial charge in [0.15, 0.2) is 11.7 Å². The van der Waals surface area contributed by atoms with Gasteiger partial charge in [0, 0.05) is 38.0 Å². The third kappa shape index (κ3) is 4.55. The topological polar surface area (TPSA) is 40.5 Å². The first-order valence-corrected chi connectivity index (χ1v) is 9.47. The average Bonchev–Trinajstić information content (AvgIpc) is 3.10. The third-order valence-corrected chi connectivity index (χ3v) is 5.10. The maximum Gasteiger partial charge on any atom is 0.434 e. The number of hydrogen-bond acceptors (Lipinski definition) is 3. The number of nitrogens with zero attached hydrogens (tertiary/aromatic N) is 3. The van der Waals surface area contributed by atoms with Gasteiger partial charge in [0.25, 0.3) is 0 Å². The molecule has 1 N–H and O–H groups in total. The lowest BCUT2D eigenvalue weighted by atomic mass is 10.0. The highest BCUT2D eigenvalue weighted by molar-refractivity contribution is 7.09. The lowest BCUT2D eigenvalue weighted by Gasteiger charge is -2.31. The van der Waals surface area contributed by atoms with Gasteiger partial charge in [0.05, 0.1) is 5.01 Å². The van der Waals surface area contributed by atoms with E-state index >= 15 is 0 Å². The van der Waals surface area contributed by atoms with Gasteiger partial charge in [0.2, 0.25) is 0 Å². The molecule has 4 nitrogen and oxygen atoms in total. The van der Waals surface area contributed by atoms with E-state index in [1.807, 2.05) is 13.0 Å². The van der Waals surface area contributed by atoms with Gasteiger partial charge in [-0.1, -0.05) is 24.3 Å². The molecule has 0 radical (unpaired) electrons. The molecule has 0 fully saturated rings. The molecule has 1 aliphatic rings. The first kappa shape index (κ1) is 18.7. The highest BCUT2D eigenvalue weighted by Crippen LogP contribution is 2.30. The molecular formula is C18H21F3N4S. The number of fused-ring (bicyclic) bond motifs is 1. The quantitative estimate of drug-likeness (QED) is 0.647. The molecule has 0 aliphatic carbocycles. The van der Waals surface area contributed by atoms with Gasteiger partial charge in [-0.15, -0.1) is 11.3 Å². The van der Waals surface area contributed by atoms with Crippen LogP contribution in [0, 0.1) is 0 Å². The fourth-order valence-corrected chi connectivity index (χ4v) is 3.71. The van der Waals surface area contributed by atoms with E-state index in [9.17, 15) is 13.2 Å². The molecule has 0 spiro atoms. The Morgan fingerprint density at radius 3 is 2.77 bits per heavy atom. The van der Waals surface area contributed by atoms with Crippen molar-refractivity contribution in [1.29, 1.82) is 0 Å². The second-order valence-electron chi connectivity index (χ2n) is 6.05. The smallest absolute Gasteiger partial charge is 0.357 e. The summed E-state index contributed by atoms with van der Waals surface area (Å²) in [6.07, 6.45) is -3.02. The Bertz CT molecular complexity index is 770. The fraction of sp³-hybridized carbons (Fsp3) is 0.444. The molecule has 0 saturated carbocycles. The molecule has 3 rings (SSSR count). The van der Waals surface area contributed by atoms with E-state index in [1.54, 1.807) is 0 Å². The molecule has 0 atom stereocenters. The van der Waals surface area contributed by atoms with Crippen LogP contribution < -0.4 is 5.32 Å². The minimum absolute atomic E-state index is 0.403. The molecule has 26 heavy (non-hydrogen) atoms. The summed E-state index contributed by atoms with van der Waals surface area (Å²) < 4.78 is 37.8. The zero-order chi connectivity index (χ0) is 18.6. The molecular weight excluding hydrogens is 361 g/mol. The molecule has 2 heterocycles. The van der Waals surface area contributed by atoms with Crippen molar-refractivity contribution in [2.24, 2.45) is 4.99 Å². The molecule has 1 aromatic heterocycles. The summed E-state index contributed by atoms with van der Waals surface area (Å²) in [4.78, 5) is 10.4. The predicted molar refractivity (Wildman–Crippen MR) is 97.4 cm³/mol. The van der Waals surface area contributed by atoms with Crippen molar-refractivity contribution in [3.05, 3.63) is 51.5 Å². The standard InChI is InChI=1S/C18H21F3N4S/c1-2-22-17(25-10-8-13-5-3-4-6-14(13)11-25)23-9-7-16-24-15(12-26-16)18(19,20)21/h3-6,12H,2,7-11H2,1H3,(H,22,23).